The van der Waals surface area contributed by atoms with E-state index in [2.05, 4.69) is 19.6 Å². The number of hydrogen-bond donors (Lipinski definition) is 1. The van der Waals surface area contributed by atoms with Gasteiger partial charge in [-0.2, -0.15) is 12.6 Å². The van der Waals surface area contributed by atoms with Crippen LogP contribution in [0.5, 0.6) is 0 Å². The van der Waals surface area contributed by atoms with Crippen molar-refractivity contribution in [1.82, 2.24) is 0 Å². The van der Waals surface area contributed by atoms with Gasteiger partial charge in [-0.05, 0) is 24.5 Å². The molecular formula is C19H38OS. The van der Waals surface area contributed by atoms with Gasteiger partial charge in [0, 0.05) is 6.42 Å². The SMILES string of the molecule is C[C@H](CCCCCCCCS)CCCCCCCCC=O. The molecule has 0 saturated heterocycles. The predicted octanol–water partition coefficient (Wildman–Crippen LogP) is 6.60. The van der Waals surface area contributed by atoms with Crippen LogP contribution in [0.3, 0.4) is 0 Å². The molecule has 0 amide bonds. The van der Waals surface area contributed by atoms with E-state index in [0.717, 1.165) is 30.8 Å². The van der Waals surface area contributed by atoms with Crippen LogP contribution in [0.2, 0.25) is 0 Å². The highest BCUT2D eigenvalue weighted by atomic mass is 32.1. The summed E-state index contributed by atoms with van der Waals surface area (Å²) in [7, 11) is 0. The molecule has 0 saturated carbocycles. The number of carbonyl (C=O) groups excluding carboxylic acids is 1. The van der Waals surface area contributed by atoms with Crippen molar-refractivity contribution < 1.29 is 4.79 Å². The maximum atomic E-state index is 10.2. The summed E-state index contributed by atoms with van der Waals surface area (Å²) in [6.45, 7) is 2.42. The Morgan fingerprint density at radius 1 is 0.714 bits per heavy atom. The minimum absolute atomic E-state index is 0.756. The maximum Gasteiger partial charge on any atom is 0.119 e. The second-order valence-electron chi connectivity index (χ2n) is 6.60. The van der Waals surface area contributed by atoms with Gasteiger partial charge in [-0.3, -0.25) is 0 Å². The molecule has 0 heterocycles. The zero-order chi connectivity index (χ0) is 15.6. The largest absolute Gasteiger partial charge is 0.303 e. The summed E-state index contributed by atoms with van der Waals surface area (Å²) in [4.78, 5) is 10.2. The van der Waals surface area contributed by atoms with Crippen LogP contribution in [0.1, 0.15) is 103 Å². The standard InChI is InChI=1S/C19H38OS/c1-19(16-12-8-4-6-10-14-18-21)15-11-7-3-2-5-9-13-17-20/h17,19,21H,2-16,18H2,1H3/t19-/m0/s1. The third kappa shape index (κ3) is 18.0. The van der Waals surface area contributed by atoms with Crippen LogP contribution >= 0.6 is 12.6 Å². The normalized spacial score (nSPS) is 12.5. The van der Waals surface area contributed by atoms with E-state index >= 15 is 0 Å². The average Bonchev–Trinajstić information content (AvgIpc) is 2.49. The second-order valence-corrected chi connectivity index (χ2v) is 7.05. The van der Waals surface area contributed by atoms with E-state index in [1.165, 1.54) is 83.5 Å². The molecule has 0 aliphatic carbocycles. The van der Waals surface area contributed by atoms with Gasteiger partial charge in [0.1, 0.15) is 6.29 Å². The topological polar surface area (TPSA) is 17.1 Å². The van der Waals surface area contributed by atoms with Crippen molar-refractivity contribution in [3.05, 3.63) is 0 Å². The van der Waals surface area contributed by atoms with E-state index in [-0.39, 0.29) is 0 Å². The van der Waals surface area contributed by atoms with Crippen LogP contribution in [0.25, 0.3) is 0 Å². The Labute approximate surface area is 139 Å². The Morgan fingerprint density at radius 2 is 1.14 bits per heavy atom. The molecule has 0 aliphatic rings. The molecular weight excluding hydrogens is 276 g/mol. The molecule has 0 unspecified atom stereocenters. The van der Waals surface area contributed by atoms with E-state index in [9.17, 15) is 4.79 Å². The molecule has 0 aromatic carbocycles. The fourth-order valence-electron chi connectivity index (χ4n) is 2.88. The van der Waals surface area contributed by atoms with Crippen molar-refractivity contribution in [2.75, 3.05) is 5.75 Å². The molecule has 0 aromatic heterocycles. The molecule has 126 valence electrons. The molecule has 0 fully saturated rings. The lowest BCUT2D eigenvalue weighted by Crippen LogP contribution is -1.95. The quantitative estimate of drug-likeness (QED) is 0.182. The number of rotatable bonds is 17. The lowest BCUT2D eigenvalue weighted by Gasteiger charge is -2.11. The molecule has 0 rings (SSSR count). The molecule has 21 heavy (non-hydrogen) atoms. The van der Waals surface area contributed by atoms with Gasteiger partial charge in [0.2, 0.25) is 0 Å². The van der Waals surface area contributed by atoms with Crippen LogP contribution in [0.4, 0.5) is 0 Å². The molecule has 1 atom stereocenters. The predicted molar refractivity (Wildman–Crippen MR) is 98.3 cm³/mol. The Kier molecular flexibility index (Phi) is 18.1. The first-order chi connectivity index (χ1) is 10.3. The third-order valence-corrected chi connectivity index (χ3v) is 4.69. The number of carbonyl (C=O) groups is 1. The zero-order valence-corrected chi connectivity index (χ0v) is 15.2. The third-order valence-electron chi connectivity index (χ3n) is 4.37. The van der Waals surface area contributed by atoms with Gasteiger partial charge in [0.25, 0.3) is 0 Å². The highest BCUT2D eigenvalue weighted by molar-refractivity contribution is 7.80. The number of thiol groups is 1. The van der Waals surface area contributed by atoms with Gasteiger partial charge >= 0.3 is 0 Å². The summed E-state index contributed by atoms with van der Waals surface area (Å²) in [5, 5.41) is 0. The summed E-state index contributed by atoms with van der Waals surface area (Å²) >= 11 is 4.25. The van der Waals surface area contributed by atoms with Crippen LogP contribution in [0.15, 0.2) is 0 Å². The van der Waals surface area contributed by atoms with Crippen LogP contribution in [0, 0.1) is 5.92 Å². The molecule has 0 radical (unpaired) electrons. The van der Waals surface area contributed by atoms with Crippen molar-refractivity contribution in [2.45, 2.75) is 103 Å². The zero-order valence-electron chi connectivity index (χ0n) is 14.3. The van der Waals surface area contributed by atoms with Crippen molar-refractivity contribution >= 4 is 18.9 Å². The Morgan fingerprint density at radius 3 is 1.62 bits per heavy atom. The first-order valence-electron chi connectivity index (χ1n) is 9.35. The van der Waals surface area contributed by atoms with Gasteiger partial charge < -0.3 is 4.79 Å². The van der Waals surface area contributed by atoms with E-state index in [0.29, 0.717) is 0 Å². The maximum absolute atomic E-state index is 10.2. The molecule has 0 spiro atoms. The lowest BCUT2D eigenvalue weighted by molar-refractivity contribution is -0.107. The summed E-state index contributed by atoms with van der Waals surface area (Å²) in [5.74, 6) is 1.96. The summed E-state index contributed by atoms with van der Waals surface area (Å²) < 4.78 is 0. The van der Waals surface area contributed by atoms with Crippen molar-refractivity contribution in [2.24, 2.45) is 5.92 Å². The average molecular weight is 315 g/mol. The lowest BCUT2D eigenvalue weighted by atomic mass is 9.96. The highest BCUT2D eigenvalue weighted by Gasteiger charge is 2.02. The summed E-state index contributed by atoms with van der Waals surface area (Å²) in [6, 6.07) is 0. The molecule has 0 bridgehead atoms. The Hall–Kier alpha value is 0.0200. The van der Waals surface area contributed by atoms with Crippen molar-refractivity contribution in [3.63, 3.8) is 0 Å². The first kappa shape index (κ1) is 21.0. The number of unbranched alkanes of at least 4 members (excludes halogenated alkanes) is 11. The second kappa shape index (κ2) is 18.1. The van der Waals surface area contributed by atoms with Crippen LogP contribution in [-0.2, 0) is 4.79 Å². The van der Waals surface area contributed by atoms with E-state index in [4.69, 9.17) is 0 Å². The van der Waals surface area contributed by atoms with E-state index in [1.807, 2.05) is 0 Å². The highest BCUT2D eigenvalue weighted by Crippen LogP contribution is 2.18. The van der Waals surface area contributed by atoms with Gasteiger partial charge in [0.05, 0.1) is 0 Å². The number of hydrogen-bond acceptors (Lipinski definition) is 2. The minimum Gasteiger partial charge on any atom is -0.303 e. The van der Waals surface area contributed by atoms with Crippen molar-refractivity contribution in [1.29, 1.82) is 0 Å². The Bertz CT molecular complexity index is 206. The molecule has 0 aromatic rings. The summed E-state index contributed by atoms with van der Waals surface area (Å²) in [5.41, 5.74) is 0. The van der Waals surface area contributed by atoms with Crippen LogP contribution < -0.4 is 0 Å². The molecule has 0 N–H and O–H groups in total. The fourth-order valence-corrected chi connectivity index (χ4v) is 3.11. The first-order valence-corrected chi connectivity index (χ1v) is 9.99. The number of aldehydes is 1. The molecule has 1 nitrogen and oxygen atoms in total. The van der Waals surface area contributed by atoms with Crippen LogP contribution in [-0.4, -0.2) is 12.0 Å². The summed E-state index contributed by atoms with van der Waals surface area (Å²) in [6.07, 6.45) is 20.7. The monoisotopic (exact) mass is 314 g/mol. The van der Waals surface area contributed by atoms with Gasteiger partial charge in [-0.25, -0.2) is 0 Å². The van der Waals surface area contributed by atoms with Gasteiger partial charge in [-0.1, -0.05) is 84.0 Å². The van der Waals surface area contributed by atoms with E-state index < -0.39 is 0 Å². The molecule has 2 heteroatoms. The Balaban J connectivity index is 3.12. The molecule has 0 aliphatic heterocycles. The fraction of sp³-hybridized carbons (Fsp3) is 0.947. The van der Waals surface area contributed by atoms with Crippen molar-refractivity contribution in [3.8, 4) is 0 Å². The van der Waals surface area contributed by atoms with Gasteiger partial charge in [0.15, 0.2) is 0 Å². The van der Waals surface area contributed by atoms with Gasteiger partial charge in [-0.15, -0.1) is 0 Å². The minimum atomic E-state index is 0.756. The van der Waals surface area contributed by atoms with E-state index in [1.54, 1.807) is 0 Å². The smallest absolute Gasteiger partial charge is 0.119 e.